The lowest BCUT2D eigenvalue weighted by molar-refractivity contribution is -0.132. The Morgan fingerprint density at radius 1 is 1.02 bits per heavy atom. The van der Waals surface area contributed by atoms with Crippen molar-refractivity contribution in [3.05, 3.63) is 59.2 Å². The minimum atomic E-state index is -0.950. The van der Waals surface area contributed by atoms with Crippen molar-refractivity contribution in [3.63, 3.8) is 0 Å². The number of hydrogen-bond acceptors (Lipinski definition) is 6. The number of hydrogen-bond donors (Lipinski definition) is 1. The standard InChI is InChI=1S/C32H43FN6O4/c1-21-15-36(23(3)40)11-10-35(21)17-27-18-38(31(42)43)22(2)16-37(27)19-30(41)39-20-32(4,5)28-14-34-26(13-29(28)39)12-24-6-8-25(33)9-7-24/h6-9,13-14,21-22,27H,10-12,15-20H2,1-5H3,(H,42,43)/t21-,22-,27+/m1/s1. The molecule has 0 unspecified atom stereocenters. The zero-order valence-corrected chi connectivity index (χ0v) is 25.8. The molecule has 232 valence electrons. The Bertz CT molecular complexity index is 1370. The van der Waals surface area contributed by atoms with Crippen LogP contribution in [0.3, 0.4) is 0 Å². The maximum absolute atomic E-state index is 14.0. The van der Waals surface area contributed by atoms with Crippen LogP contribution in [0.2, 0.25) is 0 Å². The molecule has 0 bridgehead atoms. The highest BCUT2D eigenvalue weighted by molar-refractivity contribution is 5.97. The van der Waals surface area contributed by atoms with Crippen LogP contribution in [0.5, 0.6) is 0 Å². The van der Waals surface area contributed by atoms with E-state index in [9.17, 15) is 23.9 Å². The van der Waals surface area contributed by atoms with Gasteiger partial charge in [-0.05, 0) is 37.6 Å². The third-order valence-electron chi connectivity index (χ3n) is 9.31. The number of fused-ring (bicyclic) bond motifs is 1. The second-order valence-corrected chi connectivity index (χ2v) is 13.0. The fourth-order valence-corrected chi connectivity index (χ4v) is 6.75. The first kappa shape index (κ1) is 30.9. The normalized spacial score (nSPS) is 24.2. The number of amides is 3. The van der Waals surface area contributed by atoms with Gasteiger partial charge in [-0.3, -0.25) is 24.4 Å². The lowest BCUT2D eigenvalue weighted by atomic mass is 9.88. The maximum Gasteiger partial charge on any atom is 0.407 e. The molecular formula is C32H43FN6O4. The maximum atomic E-state index is 14.0. The second-order valence-electron chi connectivity index (χ2n) is 13.0. The van der Waals surface area contributed by atoms with Crippen molar-refractivity contribution in [2.75, 3.05) is 57.3 Å². The molecule has 3 atom stereocenters. The second kappa shape index (κ2) is 12.2. The van der Waals surface area contributed by atoms with E-state index in [4.69, 9.17) is 0 Å². The molecule has 10 nitrogen and oxygen atoms in total. The zero-order valence-electron chi connectivity index (χ0n) is 25.8. The Labute approximate surface area is 253 Å². The number of rotatable bonds is 6. The van der Waals surface area contributed by atoms with Crippen molar-refractivity contribution in [1.82, 2.24) is 24.6 Å². The molecular weight excluding hydrogens is 551 g/mol. The van der Waals surface area contributed by atoms with E-state index in [-0.39, 0.29) is 47.7 Å². The summed E-state index contributed by atoms with van der Waals surface area (Å²) < 4.78 is 13.4. The average Bonchev–Trinajstić information content (AvgIpc) is 3.22. The van der Waals surface area contributed by atoms with E-state index in [1.54, 1.807) is 19.1 Å². The Morgan fingerprint density at radius 3 is 2.40 bits per heavy atom. The van der Waals surface area contributed by atoms with Crippen LogP contribution >= 0.6 is 0 Å². The average molecular weight is 595 g/mol. The van der Waals surface area contributed by atoms with E-state index in [1.165, 1.54) is 17.0 Å². The molecule has 0 saturated carbocycles. The SMILES string of the molecule is CC(=O)N1CCN(C[C@H]2CN(C(=O)O)[C@H](C)CN2CC(=O)N2CC(C)(C)c3cnc(Cc4ccc(F)cc4)cc32)[C@H](C)C1. The third kappa shape index (κ3) is 6.67. The molecule has 4 heterocycles. The number of carbonyl (C=O) groups excluding carboxylic acids is 2. The predicted molar refractivity (Wildman–Crippen MR) is 162 cm³/mol. The molecule has 5 rings (SSSR count). The third-order valence-corrected chi connectivity index (χ3v) is 9.31. The number of pyridine rings is 1. The summed E-state index contributed by atoms with van der Waals surface area (Å²) in [6.45, 7) is 13.9. The Morgan fingerprint density at radius 2 is 1.74 bits per heavy atom. The summed E-state index contributed by atoms with van der Waals surface area (Å²) in [5.74, 6) is -0.248. The van der Waals surface area contributed by atoms with Gasteiger partial charge in [-0.1, -0.05) is 26.0 Å². The molecule has 2 fully saturated rings. The number of aromatic nitrogens is 1. The molecule has 1 aromatic heterocycles. The van der Waals surface area contributed by atoms with E-state index < -0.39 is 6.09 Å². The van der Waals surface area contributed by atoms with Crippen molar-refractivity contribution in [2.24, 2.45) is 0 Å². The molecule has 0 radical (unpaired) electrons. The summed E-state index contributed by atoms with van der Waals surface area (Å²) in [4.78, 5) is 52.3. The highest BCUT2D eigenvalue weighted by Crippen LogP contribution is 2.40. The number of carboxylic acid groups (broad SMARTS) is 1. The van der Waals surface area contributed by atoms with E-state index in [1.807, 2.05) is 29.0 Å². The van der Waals surface area contributed by atoms with Gasteiger partial charge in [0.25, 0.3) is 0 Å². The van der Waals surface area contributed by atoms with Crippen molar-refractivity contribution < 1.29 is 23.9 Å². The van der Waals surface area contributed by atoms with Gasteiger partial charge in [0, 0.05) is 100 Å². The molecule has 0 spiro atoms. The van der Waals surface area contributed by atoms with Gasteiger partial charge in [-0.2, -0.15) is 0 Å². The molecule has 3 aliphatic heterocycles. The van der Waals surface area contributed by atoms with Gasteiger partial charge in [0.05, 0.1) is 12.2 Å². The number of carbonyl (C=O) groups is 3. The van der Waals surface area contributed by atoms with Gasteiger partial charge in [-0.15, -0.1) is 0 Å². The number of piperazine rings is 2. The topological polar surface area (TPSA) is 101 Å². The van der Waals surface area contributed by atoms with E-state index in [2.05, 4.69) is 35.6 Å². The van der Waals surface area contributed by atoms with Crippen LogP contribution in [0.1, 0.15) is 51.4 Å². The van der Waals surface area contributed by atoms with E-state index >= 15 is 0 Å². The smallest absolute Gasteiger partial charge is 0.407 e. The summed E-state index contributed by atoms with van der Waals surface area (Å²) in [7, 11) is 0. The highest BCUT2D eigenvalue weighted by Gasteiger charge is 2.42. The zero-order chi connectivity index (χ0) is 31.1. The van der Waals surface area contributed by atoms with Gasteiger partial charge in [0.15, 0.2) is 0 Å². The number of nitrogens with zero attached hydrogens (tertiary/aromatic N) is 6. The summed E-state index contributed by atoms with van der Waals surface area (Å²) in [5, 5.41) is 9.88. The first-order chi connectivity index (χ1) is 20.3. The summed E-state index contributed by atoms with van der Waals surface area (Å²) in [6, 6.07) is 8.06. The quantitative estimate of drug-likeness (QED) is 0.549. The van der Waals surface area contributed by atoms with E-state index in [0.717, 1.165) is 22.5 Å². The molecule has 3 aliphatic rings. The number of halogens is 1. The molecule has 1 N–H and O–H groups in total. The fourth-order valence-electron chi connectivity index (χ4n) is 6.75. The van der Waals surface area contributed by atoms with Gasteiger partial charge < -0.3 is 19.8 Å². The van der Waals surface area contributed by atoms with Crippen molar-refractivity contribution in [1.29, 1.82) is 0 Å². The molecule has 2 aromatic rings. The summed E-state index contributed by atoms with van der Waals surface area (Å²) in [6.07, 6.45) is 1.44. The molecule has 2 saturated heterocycles. The van der Waals surface area contributed by atoms with Crippen LogP contribution < -0.4 is 4.90 Å². The Balaban J connectivity index is 1.34. The largest absolute Gasteiger partial charge is 0.465 e. The minimum Gasteiger partial charge on any atom is -0.465 e. The minimum absolute atomic E-state index is 0.0267. The van der Waals surface area contributed by atoms with Crippen molar-refractivity contribution in [3.8, 4) is 0 Å². The molecule has 11 heteroatoms. The Kier molecular flexibility index (Phi) is 8.76. The lowest BCUT2D eigenvalue weighted by Crippen LogP contribution is -2.64. The number of anilines is 1. The van der Waals surface area contributed by atoms with Gasteiger partial charge in [0.1, 0.15) is 5.82 Å². The van der Waals surface area contributed by atoms with Gasteiger partial charge in [-0.25, -0.2) is 9.18 Å². The monoisotopic (exact) mass is 594 g/mol. The van der Waals surface area contributed by atoms with Gasteiger partial charge >= 0.3 is 6.09 Å². The first-order valence-electron chi connectivity index (χ1n) is 15.1. The van der Waals surface area contributed by atoms with Crippen molar-refractivity contribution in [2.45, 2.75) is 64.6 Å². The van der Waals surface area contributed by atoms with Gasteiger partial charge in [0.2, 0.25) is 11.8 Å². The molecule has 43 heavy (non-hydrogen) atoms. The van der Waals surface area contributed by atoms with Crippen LogP contribution in [-0.4, -0.2) is 118 Å². The van der Waals surface area contributed by atoms with Crippen LogP contribution in [0.25, 0.3) is 0 Å². The Hall–Kier alpha value is -3.57. The molecule has 3 amide bonds. The van der Waals surface area contributed by atoms with Crippen LogP contribution in [0.15, 0.2) is 36.5 Å². The summed E-state index contributed by atoms with van der Waals surface area (Å²) in [5.41, 5.74) is 3.34. The van der Waals surface area contributed by atoms with Crippen molar-refractivity contribution >= 4 is 23.6 Å². The van der Waals surface area contributed by atoms with Crippen LogP contribution in [0.4, 0.5) is 14.9 Å². The van der Waals surface area contributed by atoms with Crippen LogP contribution in [0, 0.1) is 5.82 Å². The highest BCUT2D eigenvalue weighted by atomic mass is 19.1. The lowest BCUT2D eigenvalue weighted by Gasteiger charge is -2.48. The fraction of sp³-hybridized carbons (Fsp3) is 0.562. The molecule has 0 aliphatic carbocycles. The first-order valence-corrected chi connectivity index (χ1v) is 15.1. The van der Waals surface area contributed by atoms with Crippen LogP contribution in [-0.2, 0) is 21.4 Å². The predicted octanol–water partition coefficient (Wildman–Crippen LogP) is 3.04. The van der Waals surface area contributed by atoms with E-state index in [0.29, 0.717) is 52.2 Å². The summed E-state index contributed by atoms with van der Waals surface area (Å²) >= 11 is 0. The molecule has 1 aromatic carbocycles. The number of benzene rings is 1.